The van der Waals surface area contributed by atoms with Gasteiger partial charge in [0, 0.05) is 18.1 Å². The third kappa shape index (κ3) is 2.71. The van der Waals surface area contributed by atoms with Gasteiger partial charge in [0.15, 0.2) is 0 Å². The number of ether oxygens (including phenoxy) is 1. The summed E-state index contributed by atoms with van der Waals surface area (Å²) in [5.41, 5.74) is -0.907. The van der Waals surface area contributed by atoms with Crippen LogP contribution in [0.2, 0.25) is 0 Å². The first-order valence-corrected chi connectivity index (χ1v) is 4.67. The summed E-state index contributed by atoms with van der Waals surface area (Å²) in [6.07, 6.45) is 0.957. The third-order valence-electron chi connectivity index (χ3n) is 1.68. The maximum atomic E-state index is 11.2. The van der Waals surface area contributed by atoms with Crippen LogP contribution in [0.3, 0.4) is 0 Å². The van der Waals surface area contributed by atoms with Gasteiger partial charge < -0.3 is 4.74 Å². The van der Waals surface area contributed by atoms with Crippen LogP contribution in [0.25, 0.3) is 0 Å². The van der Waals surface area contributed by atoms with E-state index in [1.54, 1.807) is 6.92 Å². The fourth-order valence-electron chi connectivity index (χ4n) is 1.01. The lowest BCUT2D eigenvalue weighted by molar-refractivity contribution is 0.0224. The number of hydrogen-bond donors (Lipinski definition) is 1. The topological polar surface area (TPSA) is 64.1 Å². The lowest BCUT2D eigenvalue weighted by Gasteiger charge is -2.13. The molecule has 14 heavy (non-hydrogen) atoms. The van der Waals surface area contributed by atoms with Crippen LogP contribution in [-0.4, -0.2) is 22.0 Å². The van der Waals surface area contributed by atoms with E-state index in [2.05, 4.69) is 4.98 Å². The Labute approximate surface area is 85.3 Å². The van der Waals surface area contributed by atoms with E-state index in [1.807, 2.05) is 0 Å². The van der Waals surface area contributed by atoms with Gasteiger partial charge in [-0.3, -0.25) is 14.3 Å². The SMILES string of the molecule is CC(OCCCl)n1ccc(=O)[nH]c1=O. The number of alkyl halides is 1. The van der Waals surface area contributed by atoms with Crippen molar-refractivity contribution >= 4 is 11.6 Å². The fourth-order valence-corrected chi connectivity index (χ4v) is 1.10. The Morgan fingerprint density at radius 3 is 2.93 bits per heavy atom. The van der Waals surface area contributed by atoms with Gasteiger partial charge in [-0.1, -0.05) is 0 Å². The molecule has 0 radical (unpaired) electrons. The van der Waals surface area contributed by atoms with Gasteiger partial charge in [-0.2, -0.15) is 0 Å². The molecule has 1 atom stereocenters. The van der Waals surface area contributed by atoms with E-state index in [0.717, 1.165) is 0 Å². The zero-order valence-electron chi connectivity index (χ0n) is 7.70. The molecule has 1 heterocycles. The first-order valence-electron chi connectivity index (χ1n) is 4.14. The van der Waals surface area contributed by atoms with Crippen LogP contribution in [-0.2, 0) is 4.74 Å². The number of nitrogens with zero attached hydrogens (tertiary/aromatic N) is 1. The molecule has 0 aliphatic heterocycles. The average molecular weight is 219 g/mol. The van der Waals surface area contributed by atoms with Crippen LogP contribution in [0, 0.1) is 0 Å². The van der Waals surface area contributed by atoms with Crippen molar-refractivity contribution in [1.29, 1.82) is 0 Å². The molecule has 0 fully saturated rings. The molecule has 0 aliphatic carbocycles. The molecule has 0 amide bonds. The van der Waals surface area contributed by atoms with Crippen molar-refractivity contribution in [1.82, 2.24) is 9.55 Å². The summed E-state index contributed by atoms with van der Waals surface area (Å²) >= 11 is 5.43. The Kier molecular flexibility index (Phi) is 3.91. The van der Waals surface area contributed by atoms with Gasteiger partial charge in [-0.25, -0.2) is 4.79 Å². The molecule has 6 heteroatoms. The molecule has 0 aromatic carbocycles. The molecule has 5 nitrogen and oxygen atoms in total. The Morgan fingerprint density at radius 1 is 1.64 bits per heavy atom. The largest absolute Gasteiger partial charge is 0.357 e. The molecule has 0 saturated heterocycles. The van der Waals surface area contributed by atoms with E-state index >= 15 is 0 Å². The number of H-pyrrole nitrogens is 1. The molecule has 0 saturated carbocycles. The zero-order valence-corrected chi connectivity index (χ0v) is 8.45. The fraction of sp³-hybridized carbons (Fsp3) is 0.500. The minimum Gasteiger partial charge on any atom is -0.357 e. The summed E-state index contributed by atoms with van der Waals surface area (Å²) in [5, 5.41) is 0. The second-order valence-corrected chi connectivity index (χ2v) is 3.05. The van der Waals surface area contributed by atoms with Gasteiger partial charge in [0.25, 0.3) is 5.56 Å². The molecule has 0 bridgehead atoms. The highest BCUT2D eigenvalue weighted by atomic mass is 35.5. The number of hydrogen-bond acceptors (Lipinski definition) is 3. The quantitative estimate of drug-likeness (QED) is 0.740. The summed E-state index contributed by atoms with van der Waals surface area (Å²) in [4.78, 5) is 24.1. The van der Waals surface area contributed by atoms with Crippen molar-refractivity contribution in [2.45, 2.75) is 13.2 Å². The van der Waals surface area contributed by atoms with E-state index < -0.39 is 17.5 Å². The monoisotopic (exact) mass is 218 g/mol. The normalized spacial score (nSPS) is 12.7. The van der Waals surface area contributed by atoms with Crippen molar-refractivity contribution in [2.75, 3.05) is 12.5 Å². The number of aromatic amines is 1. The predicted molar refractivity (Wildman–Crippen MR) is 52.7 cm³/mol. The molecule has 1 aromatic rings. The molecular formula is C8H11ClN2O3. The van der Waals surface area contributed by atoms with Gasteiger partial charge >= 0.3 is 5.69 Å². The number of rotatable bonds is 4. The van der Waals surface area contributed by atoms with E-state index in [4.69, 9.17) is 16.3 Å². The van der Waals surface area contributed by atoms with Gasteiger partial charge in [-0.05, 0) is 6.92 Å². The van der Waals surface area contributed by atoms with Crippen LogP contribution in [0.15, 0.2) is 21.9 Å². The van der Waals surface area contributed by atoms with Gasteiger partial charge in [0.2, 0.25) is 0 Å². The number of nitrogens with one attached hydrogen (secondary N) is 1. The Balaban J connectivity index is 2.85. The van der Waals surface area contributed by atoms with Crippen molar-refractivity contribution < 1.29 is 4.74 Å². The molecule has 1 rings (SSSR count). The van der Waals surface area contributed by atoms with Gasteiger partial charge in [0.1, 0.15) is 6.23 Å². The minimum atomic E-state index is -0.487. The molecule has 0 spiro atoms. The van der Waals surface area contributed by atoms with Crippen LogP contribution in [0.4, 0.5) is 0 Å². The van der Waals surface area contributed by atoms with Crippen molar-refractivity contribution in [3.63, 3.8) is 0 Å². The third-order valence-corrected chi connectivity index (χ3v) is 1.83. The van der Waals surface area contributed by atoms with E-state index in [1.165, 1.54) is 16.8 Å². The highest BCUT2D eigenvalue weighted by Crippen LogP contribution is 2.01. The van der Waals surface area contributed by atoms with Gasteiger partial charge in [0.05, 0.1) is 6.61 Å². The van der Waals surface area contributed by atoms with Crippen LogP contribution in [0.1, 0.15) is 13.2 Å². The molecule has 1 unspecified atom stereocenters. The minimum absolute atomic E-state index is 0.355. The van der Waals surface area contributed by atoms with Crippen molar-refractivity contribution in [2.24, 2.45) is 0 Å². The summed E-state index contributed by atoms with van der Waals surface area (Å²) in [5.74, 6) is 0.364. The second-order valence-electron chi connectivity index (χ2n) is 2.68. The first kappa shape index (κ1) is 11.0. The van der Waals surface area contributed by atoms with Crippen molar-refractivity contribution in [3.8, 4) is 0 Å². The van der Waals surface area contributed by atoms with E-state index in [-0.39, 0.29) is 0 Å². The first-order chi connectivity index (χ1) is 6.65. The van der Waals surface area contributed by atoms with E-state index in [0.29, 0.717) is 12.5 Å². The maximum absolute atomic E-state index is 11.2. The summed E-state index contributed by atoms with van der Waals surface area (Å²) in [7, 11) is 0. The number of halogens is 1. The van der Waals surface area contributed by atoms with Crippen LogP contribution in [0.5, 0.6) is 0 Å². The molecule has 1 N–H and O–H groups in total. The highest BCUT2D eigenvalue weighted by Gasteiger charge is 2.05. The maximum Gasteiger partial charge on any atom is 0.330 e. The highest BCUT2D eigenvalue weighted by molar-refractivity contribution is 6.17. The average Bonchev–Trinajstić information content (AvgIpc) is 2.14. The Bertz CT molecular complexity index is 398. The molecule has 78 valence electrons. The Morgan fingerprint density at radius 2 is 2.36 bits per heavy atom. The lowest BCUT2D eigenvalue weighted by Crippen LogP contribution is -2.31. The summed E-state index contributed by atoms with van der Waals surface area (Å²) < 4.78 is 6.49. The predicted octanol–water partition coefficient (Wildman–Crippen LogP) is 0.311. The zero-order chi connectivity index (χ0) is 10.6. The van der Waals surface area contributed by atoms with Crippen LogP contribution < -0.4 is 11.2 Å². The Hall–Kier alpha value is -1.07. The van der Waals surface area contributed by atoms with E-state index in [9.17, 15) is 9.59 Å². The summed E-state index contributed by atoms with van der Waals surface area (Å²) in [6.45, 7) is 2.06. The summed E-state index contributed by atoms with van der Waals surface area (Å²) in [6, 6.07) is 1.27. The van der Waals surface area contributed by atoms with Gasteiger partial charge in [-0.15, -0.1) is 11.6 Å². The van der Waals surface area contributed by atoms with Crippen LogP contribution >= 0.6 is 11.6 Å². The molecular weight excluding hydrogens is 208 g/mol. The number of aromatic nitrogens is 2. The van der Waals surface area contributed by atoms with Crippen molar-refractivity contribution in [3.05, 3.63) is 33.1 Å². The second kappa shape index (κ2) is 4.97. The molecule has 0 aliphatic rings. The molecule has 1 aromatic heterocycles. The smallest absolute Gasteiger partial charge is 0.330 e. The standard InChI is InChI=1S/C8H11ClN2O3/c1-6(14-5-3-9)11-4-2-7(12)10-8(11)13/h2,4,6H,3,5H2,1H3,(H,10,12,13). The lowest BCUT2D eigenvalue weighted by atomic mass is 10.5.